The summed E-state index contributed by atoms with van der Waals surface area (Å²) in [5.41, 5.74) is 0.420. The summed E-state index contributed by atoms with van der Waals surface area (Å²) < 4.78 is 1.94. The van der Waals surface area contributed by atoms with Gasteiger partial charge < -0.3 is 20.1 Å². The van der Waals surface area contributed by atoms with Crippen molar-refractivity contribution in [3.63, 3.8) is 0 Å². The zero-order chi connectivity index (χ0) is 14.6. The van der Waals surface area contributed by atoms with Gasteiger partial charge in [0.1, 0.15) is 0 Å². The molecule has 106 valence electrons. The summed E-state index contributed by atoms with van der Waals surface area (Å²) in [5, 5.41) is 21.0. The van der Waals surface area contributed by atoms with Gasteiger partial charge in [-0.3, -0.25) is 4.79 Å². The van der Waals surface area contributed by atoms with Gasteiger partial charge in [-0.2, -0.15) is 0 Å². The molecule has 1 amide bonds. The molecule has 0 saturated heterocycles. The van der Waals surface area contributed by atoms with Gasteiger partial charge in [0, 0.05) is 23.6 Å². The lowest BCUT2D eigenvalue weighted by atomic mass is 10.0. The van der Waals surface area contributed by atoms with Gasteiger partial charge in [-0.25, -0.2) is 0 Å². The highest BCUT2D eigenvalue weighted by Crippen LogP contribution is 2.11. The fourth-order valence-electron chi connectivity index (χ4n) is 1.77. The first-order valence-electron chi connectivity index (χ1n) is 6.36. The predicted octanol–water partition coefficient (Wildman–Crippen LogP) is 0.950. The van der Waals surface area contributed by atoms with E-state index >= 15 is 0 Å². The molecule has 3 N–H and O–H groups in total. The van der Waals surface area contributed by atoms with Crippen molar-refractivity contribution in [3.05, 3.63) is 54.4 Å². The summed E-state index contributed by atoms with van der Waals surface area (Å²) >= 11 is 0. The average Bonchev–Trinajstić information content (AvgIpc) is 3.01. The van der Waals surface area contributed by atoms with E-state index in [0.29, 0.717) is 5.56 Å². The number of nitrogens with zero attached hydrogens (tertiary/aromatic N) is 1. The van der Waals surface area contributed by atoms with E-state index < -0.39 is 5.54 Å². The van der Waals surface area contributed by atoms with Gasteiger partial charge >= 0.3 is 0 Å². The fourth-order valence-corrected chi connectivity index (χ4v) is 1.77. The second-order valence-corrected chi connectivity index (χ2v) is 4.97. The van der Waals surface area contributed by atoms with Gasteiger partial charge in [0.2, 0.25) is 0 Å². The molecule has 1 heterocycles. The van der Waals surface area contributed by atoms with Gasteiger partial charge in [-0.15, -0.1) is 0 Å². The van der Waals surface area contributed by atoms with Crippen LogP contribution < -0.4 is 5.32 Å². The molecule has 1 aromatic heterocycles. The van der Waals surface area contributed by atoms with E-state index in [2.05, 4.69) is 5.32 Å². The summed E-state index contributed by atoms with van der Waals surface area (Å²) in [6.45, 7) is 0.937. The summed E-state index contributed by atoms with van der Waals surface area (Å²) in [6, 6.07) is 10.9. The van der Waals surface area contributed by atoms with Crippen molar-refractivity contribution in [1.29, 1.82) is 0 Å². The summed E-state index contributed by atoms with van der Waals surface area (Å²) in [4.78, 5) is 12.0. The van der Waals surface area contributed by atoms with Gasteiger partial charge in [-0.1, -0.05) is 0 Å². The van der Waals surface area contributed by atoms with Crippen LogP contribution in [0.25, 0.3) is 5.69 Å². The fraction of sp³-hybridized carbons (Fsp3) is 0.267. The van der Waals surface area contributed by atoms with Gasteiger partial charge in [-0.05, 0) is 43.3 Å². The number of amides is 1. The van der Waals surface area contributed by atoms with Crippen LogP contribution in [0.4, 0.5) is 0 Å². The molecule has 2 aromatic rings. The number of carbonyl (C=O) groups is 1. The topological polar surface area (TPSA) is 74.5 Å². The Morgan fingerprint density at radius 1 is 1.15 bits per heavy atom. The summed E-state index contributed by atoms with van der Waals surface area (Å²) in [7, 11) is 0. The molecule has 0 fully saturated rings. The lowest BCUT2D eigenvalue weighted by Crippen LogP contribution is -2.51. The predicted molar refractivity (Wildman–Crippen MR) is 75.8 cm³/mol. The maximum Gasteiger partial charge on any atom is 0.251 e. The average molecular weight is 274 g/mol. The summed E-state index contributed by atoms with van der Waals surface area (Å²) in [5.74, 6) is -0.324. The van der Waals surface area contributed by atoms with Crippen molar-refractivity contribution in [1.82, 2.24) is 9.88 Å². The Morgan fingerprint density at radius 3 is 2.20 bits per heavy atom. The van der Waals surface area contributed by atoms with Crippen molar-refractivity contribution in [3.8, 4) is 5.69 Å². The van der Waals surface area contributed by atoms with Crippen molar-refractivity contribution in [2.45, 2.75) is 12.5 Å². The molecule has 0 aliphatic carbocycles. The van der Waals surface area contributed by atoms with E-state index in [0.717, 1.165) is 5.69 Å². The molecule has 5 nitrogen and oxygen atoms in total. The van der Waals surface area contributed by atoms with Crippen LogP contribution in [0.5, 0.6) is 0 Å². The number of hydrogen-bond acceptors (Lipinski definition) is 3. The minimum atomic E-state index is -1.02. The normalized spacial score (nSPS) is 11.3. The molecule has 0 saturated carbocycles. The van der Waals surface area contributed by atoms with Crippen LogP contribution in [-0.2, 0) is 0 Å². The van der Waals surface area contributed by atoms with E-state index in [1.165, 1.54) is 0 Å². The summed E-state index contributed by atoms with van der Waals surface area (Å²) in [6.07, 6.45) is 3.84. The first-order chi connectivity index (χ1) is 9.58. The van der Waals surface area contributed by atoms with Crippen molar-refractivity contribution >= 4 is 5.91 Å². The van der Waals surface area contributed by atoms with Crippen LogP contribution in [0.3, 0.4) is 0 Å². The highest BCUT2D eigenvalue weighted by molar-refractivity contribution is 5.94. The first-order valence-corrected chi connectivity index (χ1v) is 6.36. The molecule has 0 spiro atoms. The molecule has 0 aliphatic heterocycles. The number of aromatic nitrogens is 1. The number of aliphatic hydroxyl groups excluding tert-OH is 2. The van der Waals surface area contributed by atoms with E-state index in [1.54, 1.807) is 19.1 Å². The maximum absolute atomic E-state index is 12.0. The zero-order valence-corrected chi connectivity index (χ0v) is 11.3. The molecular formula is C15H18N2O3. The van der Waals surface area contributed by atoms with Crippen LogP contribution >= 0.6 is 0 Å². The molecule has 1 aromatic carbocycles. The highest BCUT2D eigenvalue weighted by Gasteiger charge is 2.24. The number of nitrogens with one attached hydrogen (secondary N) is 1. The second-order valence-electron chi connectivity index (χ2n) is 4.97. The molecule has 0 aliphatic rings. The quantitative estimate of drug-likeness (QED) is 0.760. The SMILES string of the molecule is CC(CO)(CO)NC(=O)c1ccc(-n2cccc2)cc1. The van der Waals surface area contributed by atoms with Crippen molar-refractivity contribution in [2.24, 2.45) is 0 Å². The number of benzene rings is 1. The standard InChI is InChI=1S/C15H18N2O3/c1-15(10-18,11-19)16-14(20)12-4-6-13(7-5-12)17-8-2-3-9-17/h2-9,18-19H,10-11H2,1H3,(H,16,20). The number of hydrogen-bond donors (Lipinski definition) is 3. The van der Waals surface area contributed by atoms with Gasteiger partial charge in [0.25, 0.3) is 5.91 Å². The molecule has 0 unspecified atom stereocenters. The lowest BCUT2D eigenvalue weighted by molar-refractivity contribution is 0.0724. The van der Waals surface area contributed by atoms with E-state index in [1.807, 2.05) is 41.2 Å². The Balaban J connectivity index is 2.12. The first kappa shape index (κ1) is 14.3. The number of aliphatic hydroxyl groups is 2. The Hall–Kier alpha value is -2.11. The van der Waals surface area contributed by atoms with E-state index in [9.17, 15) is 15.0 Å². The third-order valence-electron chi connectivity index (χ3n) is 3.15. The molecule has 0 radical (unpaired) electrons. The largest absolute Gasteiger partial charge is 0.394 e. The smallest absolute Gasteiger partial charge is 0.251 e. The number of rotatable bonds is 5. The third kappa shape index (κ3) is 3.07. The Labute approximate surface area is 117 Å². The molecule has 2 rings (SSSR count). The van der Waals surface area contributed by atoms with Crippen LogP contribution in [0.1, 0.15) is 17.3 Å². The molecule has 0 bridgehead atoms. The number of carbonyl (C=O) groups excluding carboxylic acids is 1. The molecule has 5 heteroatoms. The Kier molecular flexibility index (Phi) is 4.22. The van der Waals surface area contributed by atoms with Crippen LogP contribution in [0, 0.1) is 0 Å². The van der Waals surface area contributed by atoms with Crippen molar-refractivity contribution in [2.75, 3.05) is 13.2 Å². The Bertz CT molecular complexity index is 557. The monoisotopic (exact) mass is 274 g/mol. The van der Waals surface area contributed by atoms with E-state index in [-0.39, 0.29) is 19.1 Å². The molecule has 20 heavy (non-hydrogen) atoms. The lowest BCUT2D eigenvalue weighted by Gasteiger charge is -2.26. The minimum Gasteiger partial charge on any atom is -0.394 e. The van der Waals surface area contributed by atoms with E-state index in [4.69, 9.17) is 0 Å². The van der Waals surface area contributed by atoms with Gasteiger partial charge in [0.15, 0.2) is 0 Å². The van der Waals surface area contributed by atoms with Crippen LogP contribution in [0.2, 0.25) is 0 Å². The third-order valence-corrected chi connectivity index (χ3v) is 3.15. The van der Waals surface area contributed by atoms with Crippen LogP contribution in [-0.4, -0.2) is 39.4 Å². The minimum absolute atomic E-state index is 0.323. The maximum atomic E-state index is 12.0. The Morgan fingerprint density at radius 2 is 1.70 bits per heavy atom. The second kappa shape index (κ2) is 5.90. The highest BCUT2D eigenvalue weighted by atomic mass is 16.3. The van der Waals surface area contributed by atoms with Crippen molar-refractivity contribution < 1.29 is 15.0 Å². The van der Waals surface area contributed by atoms with Crippen LogP contribution in [0.15, 0.2) is 48.8 Å². The zero-order valence-electron chi connectivity index (χ0n) is 11.3. The van der Waals surface area contributed by atoms with Gasteiger partial charge in [0.05, 0.1) is 18.8 Å². The molecular weight excluding hydrogens is 256 g/mol. The molecule has 0 atom stereocenters.